The van der Waals surface area contributed by atoms with Crippen molar-refractivity contribution in [2.45, 2.75) is 77.0 Å². The number of carbonyl (C=O) groups is 3. The molecule has 8 nitrogen and oxygen atoms in total. The van der Waals surface area contributed by atoms with Gasteiger partial charge in [0.05, 0.1) is 16.7 Å². The molecule has 1 atom stereocenters. The van der Waals surface area contributed by atoms with Crippen molar-refractivity contribution in [3.63, 3.8) is 0 Å². The average molecular weight is 488 g/mol. The van der Waals surface area contributed by atoms with E-state index in [0.29, 0.717) is 11.4 Å². The minimum atomic E-state index is -0.559. The molecular formula is C25H33N3O5S. The molecular weight excluding hydrogens is 454 g/mol. The molecule has 2 saturated heterocycles. The third kappa shape index (κ3) is 6.25. The highest BCUT2D eigenvalue weighted by Crippen LogP contribution is 2.39. The van der Waals surface area contributed by atoms with Crippen LogP contribution < -0.4 is 20.3 Å². The lowest BCUT2D eigenvalue weighted by Gasteiger charge is -2.37. The number of hydrogen-bond donors (Lipinski definition) is 2. The SMILES string of the molecule is CC(C)(C)OC(=O)NC1CCCN(c2c(C=C3SC(=O)NC3=O)cccc2OC2CCCC2)C1. The zero-order valence-electron chi connectivity index (χ0n) is 20.0. The summed E-state index contributed by atoms with van der Waals surface area (Å²) >= 11 is 0.905. The maximum absolute atomic E-state index is 12.4. The van der Waals surface area contributed by atoms with Crippen LogP contribution in [0.1, 0.15) is 64.9 Å². The van der Waals surface area contributed by atoms with E-state index in [-0.39, 0.29) is 23.3 Å². The highest BCUT2D eigenvalue weighted by molar-refractivity contribution is 8.18. The van der Waals surface area contributed by atoms with Crippen LogP contribution in [0.25, 0.3) is 6.08 Å². The van der Waals surface area contributed by atoms with Gasteiger partial charge in [0, 0.05) is 24.7 Å². The number of piperidine rings is 1. The summed E-state index contributed by atoms with van der Waals surface area (Å²) in [6.45, 7) is 6.93. The number of anilines is 1. The van der Waals surface area contributed by atoms with Gasteiger partial charge in [0.2, 0.25) is 0 Å². The third-order valence-electron chi connectivity index (χ3n) is 6.01. The summed E-state index contributed by atoms with van der Waals surface area (Å²) in [6.07, 6.45) is 7.63. The van der Waals surface area contributed by atoms with E-state index >= 15 is 0 Å². The van der Waals surface area contributed by atoms with Crippen molar-refractivity contribution in [2.75, 3.05) is 18.0 Å². The molecule has 34 heavy (non-hydrogen) atoms. The highest BCUT2D eigenvalue weighted by atomic mass is 32.2. The number of para-hydroxylation sites is 1. The summed E-state index contributed by atoms with van der Waals surface area (Å²) in [6, 6.07) is 5.74. The van der Waals surface area contributed by atoms with Crippen molar-refractivity contribution in [1.82, 2.24) is 10.6 Å². The summed E-state index contributed by atoms with van der Waals surface area (Å²) in [5, 5.41) is 4.95. The monoisotopic (exact) mass is 487 g/mol. The van der Waals surface area contributed by atoms with Crippen LogP contribution in [0, 0.1) is 0 Å². The molecule has 1 aromatic rings. The summed E-state index contributed by atoms with van der Waals surface area (Å²) < 4.78 is 11.9. The number of nitrogens with zero attached hydrogens (tertiary/aromatic N) is 1. The Bertz CT molecular complexity index is 981. The van der Waals surface area contributed by atoms with Gasteiger partial charge < -0.3 is 19.7 Å². The number of thioether (sulfide) groups is 1. The molecule has 184 valence electrons. The van der Waals surface area contributed by atoms with Gasteiger partial charge in [0.25, 0.3) is 11.1 Å². The van der Waals surface area contributed by atoms with Crippen LogP contribution in [0.4, 0.5) is 15.3 Å². The first-order chi connectivity index (χ1) is 16.2. The molecule has 4 rings (SSSR count). The summed E-state index contributed by atoms with van der Waals surface area (Å²) in [4.78, 5) is 38.8. The Morgan fingerprint density at radius 3 is 2.62 bits per heavy atom. The molecule has 1 unspecified atom stereocenters. The van der Waals surface area contributed by atoms with Crippen LogP contribution >= 0.6 is 11.8 Å². The fourth-order valence-corrected chi connectivity index (χ4v) is 5.28. The van der Waals surface area contributed by atoms with Crippen LogP contribution in [0.5, 0.6) is 5.75 Å². The Morgan fingerprint density at radius 1 is 1.18 bits per heavy atom. The Hall–Kier alpha value is -2.68. The minimum absolute atomic E-state index is 0.0747. The zero-order valence-corrected chi connectivity index (χ0v) is 20.8. The summed E-state index contributed by atoms with van der Waals surface area (Å²) in [5.74, 6) is 0.389. The van der Waals surface area contributed by atoms with Gasteiger partial charge in [-0.25, -0.2) is 4.79 Å². The Labute approximate surface area is 204 Å². The normalized spacial score (nSPS) is 22.7. The fraction of sp³-hybridized carbons (Fsp3) is 0.560. The van der Waals surface area contributed by atoms with Crippen molar-refractivity contribution in [3.05, 3.63) is 28.7 Å². The number of imide groups is 1. The van der Waals surface area contributed by atoms with Crippen molar-refractivity contribution in [3.8, 4) is 5.75 Å². The number of amides is 3. The van der Waals surface area contributed by atoms with Gasteiger partial charge in [-0.1, -0.05) is 12.1 Å². The molecule has 0 bridgehead atoms. The number of alkyl carbamates (subject to hydrolysis) is 1. The van der Waals surface area contributed by atoms with Gasteiger partial charge in [-0.3, -0.25) is 14.9 Å². The molecule has 3 aliphatic rings. The molecule has 1 aliphatic carbocycles. The van der Waals surface area contributed by atoms with Gasteiger partial charge in [-0.2, -0.15) is 0 Å². The number of carbonyl (C=O) groups excluding carboxylic acids is 3. The number of ether oxygens (including phenoxy) is 2. The predicted molar refractivity (Wildman–Crippen MR) is 133 cm³/mol. The van der Waals surface area contributed by atoms with Crippen molar-refractivity contribution < 1.29 is 23.9 Å². The van der Waals surface area contributed by atoms with Gasteiger partial charge in [-0.15, -0.1) is 0 Å². The quantitative estimate of drug-likeness (QED) is 0.575. The molecule has 1 saturated carbocycles. The van der Waals surface area contributed by atoms with E-state index < -0.39 is 11.7 Å². The van der Waals surface area contributed by atoms with E-state index in [0.717, 1.165) is 73.8 Å². The van der Waals surface area contributed by atoms with Gasteiger partial charge >= 0.3 is 6.09 Å². The first-order valence-corrected chi connectivity index (χ1v) is 12.8. The summed E-state index contributed by atoms with van der Waals surface area (Å²) in [5.41, 5.74) is 1.15. The second kappa shape index (κ2) is 10.3. The topological polar surface area (TPSA) is 97.0 Å². The predicted octanol–water partition coefficient (Wildman–Crippen LogP) is 4.83. The Kier molecular flexibility index (Phi) is 7.40. The smallest absolute Gasteiger partial charge is 0.407 e. The van der Waals surface area contributed by atoms with E-state index in [1.54, 1.807) is 6.08 Å². The zero-order chi connectivity index (χ0) is 24.3. The molecule has 2 heterocycles. The van der Waals surface area contributed by atoms with Crippen molar-refractivity contribution in [1.29, 1.82) is 0 Å². The van der Waals surface area contributed by atoms with E-state index in [2.05, 4.69) is 15.5 Å². The molecule has 2 aliphatic heterocycles. The van der Waals surface area contributed by atoms with Gasteiger partial charge in [-0.05, 0) is 83.2 Å². The molecule has 9 heteroatoms. The van der Waals surface area contributed by atoms with E-state index in [4.69, 9.17) is 9.47 Å². The molecule has 0 spiro atoms. The maximum Gasteiger partial charge on any atom is 0.407 e. The van der Waals surface area contributed by atoms with Crippen LogP contribution in [0.2, 0.25) is 0 Å². The first kappa shape index (κ1) is 24.4. The van der Waals surface area contributed by atoms with Crippen molar-refractivity contribution >= 4 is 40.8 Å². The number of nitrogens with one attached hydrogen (secondary N) is 2. The van der Waals surface area contributed by atoms with Crippen LogP contribution in [0.3, 0.4) is 0 Å². The molecule has 2 N–H and O–H groups in total. The minimum Gasteiger partial charge on any atom is -0.488 e. The molecule has 0 aromatic heterocycles. The highest BCUT2D eigenvalue weighted by Gasteiger charge is 2.30. The van der Waals surface area contributed by atoms with Gasteiger partial charge in [0.1, 0.15) is 11.4 Å². The largest absolute Gasteiger partial charge is 0.488 e. The maximum atomic E-state index is 12.4. The second-order valence-corrected chi connectivity index (χ2v) is 11.0. The first-order valence-electron chi connectivity index (χ1n) is 12.0. The molecule has 3 amide bonds. The lowest BCUT2D eigenvalue weighted by Crippen LogP contribution is -2.49. The second-order valence-electron chi connectivity index (χ2n) is 10.0. The Morgan fingerprint density at radius 2 is 1.94 bits per heavy atom. The summed E-state index contributed by atoms with van der Waals surface area (Å²) in [7, 11) is 0. The van der Waals surface area contributed by atoms with Crippen LogP contribution in [-0.4, -0.2) is 48.1 Å². The van der Waals surface area contributed by atoms with Crippen molar-refractivity contribution in [2.24, 2.45) is 0 Å². The molecule has 1 aromatic carbocycles. The third-order valence-corrected chi connectivity index (χ3v) is 6.82. The van der Waals surface area contributed by atoms with E-state index in [9.17, 15) is 14.4 Å². The Balaban J connectivity index is 1.61. The van der Waals surface area contributed by atoms with Gasteiger partial charge in [0.15, 0.2) is 0 Å². The molecule has 3 fully saturated rings. The van der Waals surface area contributed by atoms with Crippen LogP contribution in [0.15, 0.2) is 23.1 Å². The lowest BCUT2D eigenvalue weighted by atomic mass is 10.0. The standard InChI is InChI=1S/C25H33N3O5S/c1-25(2,3)33-23(30)26-17-9-7-13-28(15-17)21-16(14-20-22(29)27-24(31)34-20)8-6-12-19(21)32-18-10-4-5-11-18/h6,8,12,14,17-18H,4-5,7,9-11,13,15H2,1-3H3,(H,26,30)(H,27,29,31). The fourth-order valence-electron chi connectivity index (χ4n) is 4.61. The average Bonchev–Trinajstić information content (AvgIpc) is 3.36. The van der Waals surface area contributed by atoms with E-state index in [1.165, 1.54) is 0 Å². The number of rotatable bonds is 5. The number of hydrogen-bond acceptors (Lipinski definition) is 7. The lowest BCUT2D eigenvalue weighted by molar-refractivity contribution is -0.115. The molecule has 0 radical (unpaired) electrons. The van der Waals surface area contributed by atoms with Crippen LogP contribution in [-0.2, 0) is 9.53 Å². The number of benzene rings is 1. The van der Waals surface area contributed by atoms with E-state index in [1.807, 2.05) is 39.0 Å².